The van der Waals surface area contributed by atoms with E-state index in [9.17, 15) is 9.18 Å². The molecule has 0 spiro atoms. The van der Waals surface area contributed by atoms with Crippen molar-refractivity contribution in [3.05, 3.63) is 0 Å². The van der Waals surface area contributed by atoms with Gasteiger partial charge in [-0.1, -0.05) is 25.7 Å². The highest BCUT2D eigenvalue weighted by atomic mass is 19.1. The molecule has 2 saturated carbocycles. The first-order chi connectivity index (χ1) is 8.64. The minimum atomic E-state index is -1.49. The Bertz CT molecular complexity index is 276. The third-order valence-electron chi connectivity index (χ3n) is 4.68. The van der Waals surface area contributed by atoms with Gasteiger partial charge in [-0.3, -0.25) is 0 Å². The molecular formula is C15H25FO2. The average Bonchev–Trinajstić information content (AvgIpc) is 2.40. The predicted molar refractivity (Wildman–Crippen MR) is 69.1 cm³/mol. The normalized spacial score (nSPS) is 26.6. The fourth-order valence-corrected chi connectivity index (χ4v) is 3.65. The number of hydrogen-bond donors (Lipinski definition) is 0. The summed E-state index contributed by atoms with van der Waals surface area (Å²) in [6, 6.07) is 0. The van der Waals surface area contributed by atoms with E-state index in [2.05, 4.69) is 0 Å². The van der Waals surface area contributed by atoms with Gasteiger partial charge in [-0.15, -0.1) is 0 Å². The topological polar surface area (TPSA) is 26.3 Å². The van der Waals surface area contributed by atoms with Crippen molar-refractivity contribution in [2.75, 3.05) is 0 Å². The van der Waals surface area contributed by atoms with Gasteiger partial charge in [0.25, 0.3) is 0 Å². The van der Waals surface area contributed by atoms with Crippen molar-refractivity contribution in [2.45, 2.75) is 82.9 Å². The van der Waals surface area contributed by atoms with Crippen LogP contribution in [-0.4, -0.2) is 17.7 Å². The highest BCUT2D eigenvalue weighted by molar-refractivity contribution is 5.74. The lowest BCUT2D eigenvalue weighted by atomic mass is 9.69. The van der Waals surface area contributed by atoms with Crippen LogP contribution >= 0.6 is 0 Å². The van der Waals surface area contributed by atoms with Gasteiger partial charge in [0.05, 0.1) is 0 Å². The Kier molecular flexibility index (Phi) is 4.63. The molecule has 3 heteroatoms. The zero-order valence-electron chi connectivity index (χ0n) is 11.4. The van der Waals surface area contributed by atoms with Gasteiger partial charge in [-0.25, -0.2) is 9.18 Å². The predicted octanol–water partition coefficient (Wildman–Crippen LogP) is 4.17. The lowest BCUT2D eigenvalue weighted by molar-refractivity contribution is -0.178. The zero-order chi connectivity index (χ0) is 13.0. The second-order valence-electron chi connectivity index (χ2n) is 6.00. The number of halogens is 1. The van der Waals surface area contributed by atoms with Crippen molar-refractivity contribution in [3.63, 3.8) is 0 Å². The Hall–Kier alpha value is -0.600. The van der Waals surface area contributed by atoms with E-state index in [1.165, 1.54) is 32.6 Å². The number of ether oxygens (including phenoxy) is 1. The summed E-state index contributed by atoms with van der Waals surface area (Å²) in [7, 11) is 0. The highest BCUT2D eigenvalue weighted by Gasteiger charge is 2.44. The summed E-state index contributed by atoms with van der Waals surface area (Å²) in [5.74, 6) is -0.184. The lowest BCUT2D eigenvalue weighted by Crippen LogP contribution is -2.46. The second-order valence-corrected chi connectivity index (χ2v) is 6.00. The molecule has 18 heavy (non-hydrogen) atoms. The molecule has 0 aliphatic heterocycles. The second kappa shape index (κ2) is 6.03. The molecule has 2 rings (SSSR count). The molecule has 2 fully saturated rings. The van der Waals surface area contributed by atoms with E-state index in [0.717, 1.165) is 38.5 Å². The largest absolute Gasteiger partial charge is 0.457 e. The van der Waals surface area contributed by atoms with Gasteiger partial charge in [0.2, 0.25) is 0 Å². The van der Waals surface area contributed by atoms with Crippen LogP contribution in [0.4, 0.5) is 4.39 Å². The van der Waals surface area contributed by atoms with Crippen LogP contribution in [0.1, 0.15) is 71.1 Å². The van der Waals surface area contributed by atoms with E-state index in [1.807, 2.05) is 0 Å². The molecule has 0 saturated heterocycles. The molecular weight excluding hydrogens is 231 g/mol. The van der Waals surface area contributed by atoms with E-state index in [-0.39, 0.29) is 5.60 Å². The molecule has 0 aromatic heterocycles. The van der Waals surface area contributed by atoms with E-state index in [1.54, 1.807) is 0 Å². The van der Waals surface area contributed by atoms with Crippen molar-refractivity contribution in [1.82, 2.24) is 0 Å². The van der Waals surface area contributed by atoms with Gasteiger partial charge < -0.3 is 4.74 Å². The standard InChI is InChI=1S/C15H25FO2/c1-12(16)14(17)18-15(10-6-3-7-11-15)13-8-4-2-5-9-13/h12-13H,2-11H2,1H3/t12-/m1/s1. The average molecular weight is 256 g/mol. The Labute approximate surface area is 109 Å². The molecule has 2 aliphatic rings. The van der Waals surface area contributed by atoms with Crippen LogP contribution in [0.2, 0.25) is 0 Å². The molecule has 0 heterocycles. The maximum absolute atomic E-state index is 13.1. The zero-order valence-corrected chi connectivity index (χ0v) is 11.4. The van der Waals surface area contributed by atoms with E-state index >= 15 is 0 Å². The van der Waals surface area contributed by atoms with Crippen LogP contribution in [-0.2, 0) is 9.53 Å². The monoisotopic (exact) mass is 256 g/mol. The number of rotatable bonds is 3. The first-order valence-corrected chi connectivity index (χ1v) is 7.51. The molecule has 0 radical (unpaired) electrons. The Morgan fingerprint density at radius 3 is 2.22 bits per heavy atom. The molecule has 0 aromatic rings. The van der Waals surface area contributed by atoms with E-state index in [4.69, 9.17) is 4.74 Å². The molecule has 0 bridgehead atoms. The van der Waals surface area contributed by atoms with Gasteiger partial charge >= 0.3 is 5.97 Å². The van der Waals surface area contributed by atoms with Crippen LogP contribution in [0.25, 0.3) is 0 Å². The summed E-state index contributed by atoms with van der Waals surface area (Å²) in [6.07, 6.45) is 9.89. The van der Waals surface area contributed by atoms with Crippen molar-refractivity contribution < 1.29 is 13.9 Å². The molecule has 0 aromatic carbocycles. The maximum Gasteiger partial charge on any atom is 0.340 e. The van der Waals surface area contributed by atoms with E-state index in [0.29, 0.717) is 5.92 Å². The number of carbonyl (C=O) groups is 1. The van der Waals surface area contributed by atoms with Gasteiger partial charge in [0.1, 0.15) is 5.60 Å². The van der Waals surface area contributed by atoms with Crippen LogP contribution in [0.15, 0.2) is 0 Å². The van der Waals surface area contributed by atoms with Crippen LogP contribution in [0.5, 0.6) is 0 Å². The Balaban J connectivity index is 2.08. The summed E-state index contributed by atoms with van der Waals surface area (Å²) >= 11 is 0. The van der Waals surface area contributed by atoms with E-state index < -0.39 is 12.1 Å². The fraction of sp³-hybridized carbons (Fsp3) is 0.933. The third-order valence-corrected chi connectivity index (χ3v) is 4.68. The first kappa shape index (κ1) is 13.8. The SMILES string of the molecule is C[C@@H](F)C(=O)OC1(C2CCCCC2)CCCCC1. The smallest absolute Gasteiger partial charge is 0.340 e. The quantitative estimate of drug-likeness (QED) is 0.708. The van der Waals surface area contributed by atoms with Gasteiger partial charge in [0, 0.05) is 0 Å². The third kappa shape index (κ3) is 3.04. The molecule has 0 amide bonds. The molecule has 2 aliphatic carbocycles. The van der Waals surface area contributed by atoms with Crippen molar-refractivity contribution >= 4 is 5.97 Å². The van der Waals surface area contributed by atoms with Gasteiger partial charge in [0.15, 0.2) is 6.17 Å². The summed E-state index contributed by atoms with van der Waals surface area (Å²) in [4.78, 5) is 11.7. The molecule has 104 valence electrons. The first-order valence-electron chi connectivity index (χ1n) is 7.51. The van der Waals surface area contributed by atoms with Crippen LogP contribution in [0, 0.1) is 5.92 Å². The van der Waals surface area contributed by atoms with Crippen molar-refractivity contribution in [2.24, 2.45) is 5.92 Å². The van der Waals surface area contributed by atoms with Crippen LogP contribution < -0.4 is 0 Å². The minimum Gasteiger partial charge on any atom is -0.457 e. The van der Waals surface area contributed by atoms with Gasteiger partial charge in [-0.2, -0.15) is 0 Å². The lowest BCUT2D eigenvalue weighted by Gasteiger charge is -2.44. The Morgan fingerprint density at radius 2 is 1.67 bits per heavy atom. The number of carbonyl (C=O) groups excluding carboxylic acids is 1. The summed E-state index contributed by atoms with van der Waals surface area (Å²) < 4.78 is 18.8. The molecule has 0 unspecified atom stereocenters. The Morgan fingerprint density at radius 1 is 1.11 bits per heavy atom. The number of esters is 1. The summed E-state index contributed by atoms with van der Waals surface area (Å²) in [5, 5.41) is 0. The number of hydrogen-bond acceptors (Lipinski definition) is 2. The maximum atomic E-state index is 13.1. The molecule has 0 N–H and O–H groups in total. The number of alkyl halides is 1. The van der Waals surface area contributed by atoms with Crippen molar-refractivity contribution in [3.8, 4) is 0 Å². The highest BCUT2D eigenvalue weighted by Crippen LogP contribution is 2.44. The summed E-state index contributed by atoms with van der Waals surface area (Å²) in [5.41, 5.74) is -0.337. The van der Waals surface area contributed by atoms with Crippen molar-refractivity contribution in [1.29, 1.82) is 0 Å². The fourth-order valence-electron chi connectivity index (χ4n) is 3.65. The summed E-state index contributed by atoms with van der Waals surface area (Å²) in [6.45, 7) is 1.28. The minimum absolute atomic E-state index is 0.337. The van der Waals surface area contributed by atoms with Gasteiger partial charge in [-0.05, 0) is 51.4 Å². The molecule has 2 nitrogen and oxygen atoms in total. The molecule has 1 atom stereocenters. The van der Waals surface area contributed by atoms with Crippen LogP contribution in [0.3, 0.4) is 0 Å².